The maximum absolute atomic E-state index is 11.9. The number of carbonyl (C=O) groups is 1. The van der Waals surface area contributed by atoms with E-state index in [1.54, 1.807) is 4.90 Å². The quantitative estimate of drug-likeness (QED) is 0.866. The lowest BCUT2D eigenvalue weighted by molar-refractivity contribution is 0.0210. The molecule has 0 unspecified atom stereocenters. The van der Waals surface area contributed by atoms with Gasteiger partial charge in [-0.05, 0) is 33.6 Å². The van der Waals surface area contributed by atoms with E-state index in [4.69, 9.17) is 10.5 Å². The van der Waals surface area contributed by atoms with Crippen LogP contribution in [0.3, 0.4) is 0 Å². The molecule has 2 rings (SSSR count). The maximum Gasteiger partial charge on any atom is 0.410 e. The van der Waals surface area contributed by atoms with Crippen LogP contribution in [0, 0.1) is 0 Å². The minimum atomic E-state index is -0.448. The Morgan fingerprint density at radius 3 is 2.55 bits per heavy atom. The monoisotopic (exact) mass is 299 g/mol. The average molecular weight is 299 g/mol. The molecule has 2 heterocycles. The summed E-state index contributed by atoms with van der Waals surface area (Å²) >= 11 is 1.34. The van der Waals surface area contributed by atoms with E-state index in [1.807, 2.05) is 20.8 Å². The first-order valence-corrected chi connectivity index (χ1v) is 7.48. The van der Waals surface area contributed by atoms with Crippen LogP contribution in [0.5, 0.6) is 0 Å². The summed E-state index contributed by atoms with van der Waals surface area (Å²) in [7, 11) is 0. The van der Waals surface area contributed by atoms with Crippen LogP contribution < -0.4 is 11.1 Å². The normalized spacial score (nSPS) is 17.1. The van der Waals surface area contributed by atoms with Crippen LogP contribution in [0.2, 0.25) is 0 Å². The zero-order valence-corrected chi connectivity index (χ0v) is 12.9. The van der Waals surface area contributed by atoms with Gasteiger partial charge in [-0.1, -0.05) is 11.3 Å². The fourth-order valence-corrected chi connectivity index (χ4v) is 2.59. The number of likely N-dealkylation sites (tertiary alicyclic amines) is 1. The molecule has 1 aromatic heterocycles. The Labute approximate surface area is 122 Å². The molecule has 0 bridgehead atoms. The first-order valence-electron chi connectivity index (χ1n) is 6.67. The molecule has 3 N–H and O–H groups in total. The molecule has 1 saturated heterocycles. The summed E-state index contributed by atoms with van der Waals surface area (Å²) < 4.78 is 5.36. The second-order valence-electron chi connectivity index (χ2n) is 5.83. The highest BCUT2D eigenvalue weighted by molar-refractivity contribution is 7.18. The number of amides is 1. The van der Waals surface area contributed by atoms with Gasteiger partial charge in [0, 0.05) is 19.1 Å². The third kappa shape index (κ3) is 4.22. The van der Waals surface area contributed by atoms with E-state index in [1.165, 1.54) is 11.3 Å². The number of anilines is 2. The van der Waals surface area contributed by atoms with Crippen molar-refractivity contribution in [1.82, 2.24) is 15.1 Å². The first kappa shape index (κ1) is 14.8. The van der Waals surface area contributed by atoms with E-state index in [2.05, 4.69) is 15.5 Å². The summed E-state index contributed by atoms with van der Waals surface area (Å²) in [6.07, 6.45) is 1.48. The molecule has 1 fully saturated rings. The fourth-order valence-electron chi connectivity index (χ4n) is 2.00. The van der Waals surface area contributed by atoms with Gasteiger partial charge in [-0.25, -0.2) is 4.79 Å². The molecule has 0 spiro atoms. The molecule has 1 aromatic rings. The molecule has 7 nitrogen and oxygen atoms in total. The molecule has 8 heteroatoms. The summed E-state index contributed by atoms with van der Waals surface area (Å²) in [5.41, 5.74) is 5.09. The molecule has 0 atom stereocenters. The van der Waals surface area contributed by atoms with Gasteiger partial charge in [-0.15, -0.1) is 10.2 Å². The largest absolute Gasteiger partial charge is 0.444 e. The van der Waals surface area contributed by atoms with Crippen molar-refractivity contribution in [2.24, 2.45) is 0 Å². The summed E-state index contributed by atoms with van der Waals surface area (Å²) in [5, 5.41) is 12.2. The van der Waals surface area contributed by atoms with E-state index < -0.39 is 5.60 Å². The van der Waals surface area contributed by atoms with Crippen molar-refractivity contribution in [3.05, 3.63) is 0 Å². The van der Waals surface area contributed by atoms with Crippen molar-refractivity contribution in [1.29, 1.82) is 0 Å². The maximum atomic E-state index is 11.9. The van der Waals surface area contributed by atoms with Crippen molar-refractivity contribution >= 4 is 27.7 Å². The highest BCUT2D eigenvalue weighted by atomic mass is 32.1. The lowest BCUT2D eigenvalue weighted by Gasteiger charge is -2.33. The van der Waals surface area contributed by atoms with Crippen LogP contribution in [0.4, 0.5) is 15.1 Å². The molecule has 112 valence electrons. The van der Waals surface area contributed by atoms with Crippen molar-refractivity contribution in [2.45, 2.75) is 45.3 Å². The number of hydrogen-bond acceptors (Lipinski definition) is 7. The Bertz CT molecular complexity index is 463. The first-order chi connectivity index (χ1) is 9.33. The predicted octanol–water partition coefficient (Wildman–Crippen LogP) is 1.93. The van der Waals surface area contributed by atoms with Gasteiger partial charge >= 0.3 is 6.09 Å². The molecule has 1 aliphatic heterocycles. The fraction of sp³-hybridized carbons (Fsp3) is 0.750. The number of nitrogens with one attached hydrogen (secondary N) is 1. The van der Waals surface area contributed by atoms with Crippen LogP contribution in [0.25, 0.3) is 0 Å². The molecular weight excluding hydrogens is 278 g/mol. The zero-order valence-electron chi connectivity index (χ0n) is 12.0. The van der Waals surface area contributed by atoms with Crippen molar-refractivity contribution in [3.63, 3.8) is 0 Å². The number of ether oxygens (including phenoxy) is 1. The molecule has 0 aromatic carbocycles. The number of carbonyl (C=O) groups excluding carboxylic acids is 1. The number of aromatic nitrogens is 2. The Kier molecular flexibility index (Phi) is 4.32. The third-order valence-electron chi connectivity index (χ3n) is 2.91. The lowest BCUT2D eigenvalue weighted by atomic mass is 10.1. The van der Waals surface area contributed by atoms with E-state index in [-0.39, 0.29) is 6.09 Å². The highest BCUT2D eigenvalue weighted by Gasteiger charge is 2.27. The number of nitrogens with zero attached hydrogens (tertiary/aromatic N) is 3. The lowest BCUT2D eigenvalue weighted by Crippen LogP contribution is -2.44. The molecule has 0 radical (unpaired) electrons. The summed E-state index contributed by atoms with van der Waals surface area (Å²) in [5.74, 6) is 0. The number of hydrogen-bond donors (Lipinski definition) is 2. The number of rotatable bonds is 2. The van der Waals surface area contributed by atoms with Crippen LogP contribution in [-0.2, 0) is 4.74 Å². The molecular formula is C12H21N5O2S. The standard InChI is InChI=1S/C12H21N5O2S/c1-12(2,3)19-11(18)17-6-4-8(5-7-17)14-10-16-15-9(13)20-10/h8H,4-7H2,1-3H3,(H2,13,15)(H,14,16). The van der Waals surface area contributed by atoms with E-state index in [9.17, 15) is 4.79 Å². The smallest absolute Gasteiger partial charge is 0.410 e. The minimum Gasteiger partial charge on any atom is -0.444 e. The van der Waals surface area contributed by atoms with Crippen molar-refractivity contribution < 1.29 is 9.53 Å². The van der Waals surface area contributed by atoms with Gasteiger partial charge in [0.1, 0.15) is 5.60 Å². The Hall–Kier alpha value is -1.57. The number of nitrogens with two attached hydrogens (primary N) is 1. The number of nitrogen functional groups attached to an aromatic ring is 1. The Morgan fingerprint density at radius 1 is 1.40 bits per heavy atom. The van der Waals surface area contributed by atoms with E-state index >= 15 is 0 Å². The molecule has 0 aliphatic carbocycles. The Balaban J connectivity index is 1.79. The summed E-state index contributed by atoms with van der Waals surface area (Å²) in [4.78, 5) is 13.7. The van der Waals surface area contributed by atoms with E-state index in [0.29, 0.717) is 24.3 Å². The van der Waals surface area contributed by atoms with Gasteiger partial charge in [0.15, 0.2) is 0 Å². The van der Waals surface area contributed by atoms with Gasteiger partial charge in [-0.3, -0.25) is 0 Å². The second-order valence-corrected chi connectivity index (χ2v) is 6.84. The average Bonchev–Trinajstić information content (AvgIpc) is 2.73. The van der Waals surface area contributed by atoms with Gasteiger partial charge in [0.2, 0.25) is 10.3 Å². The zero-order chi connectivity index (χ0) is 14.8. The van der Waals surface area contributed by atoms with Crippen LogP contribution in [0.15, 0.2) is 0 Å². The summed E-state index contributed by atoms with van der Waals surface area (Å²) in [6, 6.07) is 0.293. The van der Waals surface area contributed by atoms with Gasteiger partial charge in [-0.2, -0.15) is 0 Å². The van der Waals surface area contributed by atoms with Crippen molar-refractivity contribution in [3.8, 4) is 0 Å². The van der Waals surface area contributed by atoms with E-state index in [0.717, 1.165) is 18.0 Å². The molecule has 1 amide bonds. The highest BCUT2D eigenvalue weighted by Crippen LogP contribution is 2.22. The molecule has 20 heavy (non-hydrogen) atoms. The summed E-state index contributed by atoms with van der Waals surface area (Å²) in [6.45, 7) is 6.99. The van der Waals surface area contributed by atoms with Crippen LogP contribution in [-0.4, -0.2) is 45.9 Å². The van der Waals surface area contributed by atoms with Crippen molar-refractivity contribution in [2.75, 3.05) is 24.1 Å². The predicted molar refractivity (Wildman–Crippen MR) is 78.8 cm³/mol. The van der Waals surface area contributed by atoms with Crippen LogP contribution in [0.1, 0.15) is 33.6 Å². The van der Waals surface area contributed by atoms with Gasteiger partial charge < -0.3 is 20.7 Å². The van der Waals surface area contributed by atoms with Crippen LogP contribution >= 0.6 is 11.3 Å². The third-order valence-corrected chi connectivity index (χ3v) is 3.60. The van der Waals surface area contributed by atoms with Gasteiger partial charge in [0.05, 0.1) is 0 Å². The number of piperidine rings is 1. The Morgan fingerprint density at radius 2 is 2.05 bits per heavy atom. The topological polar surface area (TPSA) is 93.4 Å². The molecule has 1 aliphatic rings. The van der Waals surface area contributed by atoms with Gasteiger partial charge in [0.25, 0.3) is 0 Å². The second kappa shape index (κ2) is 5.82. The molecule has 0 saturated carbocycles. The SMILES string of the molecule is CC(C)(C)OC(=O)N1CCC(Nc2nnc(N)s2)CC1. The minimum absolute atomic E-state index is 0.240.